The summed E-state index contributed by atoms with van der Waals surface area (Å²) in [6.07, 6.45) is 2.75. The molecule has 1 aliphatic rings. The van der Waals surface area contributed by atoms with Crippen molar-refractivity contribution in [1.29, 1.82) is 0 Å². The van der Waals surface area contributed by atoms with Crippen LogP contribution in [0.25, 0.3) is 0 Å². The fourth-order valence-corrected chi connectivity index (χ4v) is 3.70. The summed E-state index contributed by atoms with van der Waals surface area (Å²) in [4.78, 5) is 0.330. The molecule has 0 radical (unpaired) electrons. The Hall–Kier alpha value is -0.520. The minimum Gasteiger partial charge on any atom is -0.352 e. The van der Waals surface area contributed by atoms with Crippen LogP contribution in [0.4, 0.5) is 0 Å². The third-order valence-electron chi connectivity index (χ3n) is 3.70. The second-order valence-electron chi connectivity index (χ2n) is 5.17. The maximum absolute atomic E-state index is 12.4. The van der Waals surface area contributed by atoms with Crippen LogP contribution >= 0.6 is 11.6 Å². The molecule has 2 unspecified atom stereocenters. The minimum atomic E-state index is -3.38. The largest absolute Gasteiger partial charge is 0.352 e. The molecular weight excluding hydrogens is 272 g/mol. The van der Waals surface area contributed by atoms with E-state index < -0.39 is 10.0 Å². The van der Waals surface area contributed by atoms with Gasteiger partial charge in [-0.1, -0.05) is 6.92 Å². The maximum atomic E-state index is 12.4. The number of nitrogens with zero attached hydrogens (tertiary/aromatic N) is 2. The molecule has 1 heterocycles. The lowest BCUT2D eigenvalue weighted by Gasteiger charge is -2.15. The zero-order valence-corrected chi connectivity index (χ0v) is 12.5. The van der Waals surface area contributed by atoms with E-state index in [1.165, 1.54) is 4.31 Å². The van der Waals surface area contributed by atoms with E-state index in [1.54, 1.807) is 30.9 Å². The Bertz CT molecular complexity index is 538. The number of hydrogen-bond donors (Lipinski definition) is 0. The first kappa shape index (κ1) is 13.9. The average Bonchev–Trinajstić information content (AvgIpc) is 2.85. The van der Waals surface area contributed by atoms with Gasteiger partial charge < -0.3 is 4.57 Å². The number of halogens is 1. The molecule has 1 aromatic rings. The Morgan fingerprint density at radius 1 is 1.56 bits per heavy atom. The van der Waals surface area contributed by atoms with Gasteiger partial charge in [-0.25, -0.2) is 12.7 Å². The molecule has 1 fully saturated rings. The zero-order valence-electron chi connectivity index (χ0n) is 10.9. The van der Waals surface area contributed by atoms with Crippen molar-refractivity contribution < 1.29 is 8.42 Å². The Kier molecular flexibility index (Phi) is 3.76. The van der Waals surface area contributed by atoms with E-state index in [2.05, 4.69) is 6.92 Å². The number of aromatic nitrogens is 1. The van der Waals surface area contributed by atoms with Crippen LogP contribution in [0, 0.1) is 11.8 Å². The van der Waals surface area contributed by atoms with Gasteiger partial charge in [0, 0.05) is 32.5 Å². The second-order valence-corrected chi connectivity index (χ2v) is 7.48. The van der Waals surface area contributed by atoms with E-state index >= 15 is 0 Å². The van der Waals surface area contributed by atoms with Crippen LogP contribution in [0.15, 0.2) is 17.2 Å². The van der Waals surface area contributed by atoms with Gasteiger partial charge in [-0.05, 0) is 24.3 Å². The topological polar surface area (TPSA) is 42.3 Å². The van der Waals surface area contributed by atoms with Crippen molar-refractivity contribution >= 4 is 21.6 Å². The fourth-order valence-electron chi connectivity index (χ4n) is 2.11. The van der Waals surface area contributed by atoms with Gasteiger partial charge in [0.25, 0.3) is 0 Å². The van der Waals surface area contributed by atoms with Gasteiger partial charge >= 0.3 is 0 Å². The predicted octanol–water partition coefficient (Wildman–Crippen LogP) is 2.04. The highest BCUT2D eigenvalue weighted by molar-refractivity contribution is 7.89. The van der Waals surface area contributed by atoms with Crippen molar-refractivity contribution in [3.8, 4) is 0 Å². The van der Waals surface area contributed by atoms with Crippen molar-refractivity contribution in [2.75, 3.05) is 13.6 Å². The molecule has 2 rings (SSSR count). The van der Waals surface area contributed by atoms with Crippen LogP contribution in [0.3, 0.4) is 0 Å². The van der Waals surface area contributed by atoms with E-state index in [0.717, 1.165) is 12.1 Å². The first-order valence-corrected chi connectivity index (χ1v) is 8.01. The maximum Gasteiger partial charge on any atom is 0.244 e. The lowest BCUT2D eigenvalue weighted by atomic mass is 10.3. The number of hydrogen-bond acceptors (Lipinski definition) is 2. The van der Waals surface area contributed by atoms with Crippen LogP contribution in [0.5, 0.6) is 0 Å². The van der Waals surface area contributed by atoms with Crippen molar-refractivity contribution in [1.82, 2.24) is 8.87 Å². The van der Waals surface area contributed by atoms with Crippen molar-refractivity contribution in [2.45, 2.75) is 24.1 Å². The Morgan fingerprint density at radius 3 is 2.61 bits per heavy atom. The minimum absolute atomic E-state index is 0.315. The van der Waals surface area contributed by atoms with Crippen LogP contribution < -0.4 is 0 Å². The third kappa shape index (κ3) is 2.58. The highest BCUT2D eigenvalue weighted by Crippen LogP contribution is 2.38. The molecule has 0 spiro atoms. The molecule has 0 saturated heterocycles. The summed E-state index contributed by atoms with van der Waals surface area (Å²) in [6, 6.07) is 1.65. The monoisotopic (exact) mass is 290 g/mol. The molecule has 1 aliphatic carbocycles. The van der Waals surface area contributed by atoms with Gasteiger partial charge in [0.15, 0.2) is 0 Å². The normalized spacial score (nSPS) is 23.6. The molecular formula is C12H19ClN2O2S. The summed E-state index contributed by atoms with van der Waals surface area (Å²) in [5.74, 6) is 1.48. The van der Waals surface area contributed by atoms with Gasteiger partial charge in [-0.3, -0.25) is 0 Å². The zero-order chi connectivity index (χ0) is 13.5. The summed E-state index contributed by atoms with van der Waals surface area (Å²) < 4.78 is 27.9. The second kappa shape index (κ2) is 4.87. The summed E-state index contributed by atoms with van der Waals surface area (Å²) in [6.45, 7) is 2.76. The Morgan fingerprint density at radius 2 is 2.17 bits per heavy atom. The summed E-state index contributed by atoms with van der Waals surface area (Å²) in [5.41, 5.74) is 0.809. The molecule has 6 heteroatoms. The summed E-state index contributed by atoms with van der Waals surface area (Å²) >= 11 is 5.76. The van der Waals surface area contributed by atoms with Gasteiger partial charge in [0.05, 0.1) is 5.88 Å². The van der Waals surface area contributed by atoms with E-state index in [1.807, 2.05) is 0 Å². The average molecular weight is 291 g/mol. The smallest absolute Gasteiger partial charge is 0.244 e. The molecule has 18 heavy (non-hydrogen) atoms. The molecule has 0 aromatic carbocycles. The number of aryl methyl sites for hydroxylation is 1. The lowest BCUT2D eigenvalue weighted by molar-refractivity contribution is 0.444. The van der Waals surface area contributed by atoms with Crippen LogP contribution in [0.1, 0.15) is 19.0 Å². The highest BCUT2D eigenvalue weighted by Gasteiger charge is 2.36. The number of alkyl halides is 1. The first-order chi connectivity index (χ1) is 8.36. The molecule has 0 aliphatic heterocycles. The SMILES string of the molecule is CC1CC1CN(C)S(=O)(=O)c1cc(CCl)n(C)c1. The van der Waals surface area contributed by atoms with Crippen molar-refractivity contribution in [3.63, 3.8) is 0 Å². The molecule has 0 N–H and O–H groups in total. The van der Waals surface area contributed by atoms with Crippen LogP contribution in [-0.4, -0.2) is 30.9 Å². The fraction of sp³-hybridized carbons (Fsp3) is 0.667. The Labute approximate surface area is 114 Å². The molecule has 102 valence electrons. The molecule has 1 aromatic heterocycles. The molecule has 0 bridgehead atoms. The van der Waals surface area contributed by atoms with E-state index in [9.17, 15) is 8.42 Å². The van der Waals surface area contributed by atoms with Gasteiger partial charge in [0.1, 0.15) is 4.90 Å². The third-order valence-corrected chi connectivity index (χ3v) is 5.76. The molecule has 2 atom stereocenters. The van der Waals surface area contributed by atoms with Gasteiger partial charge in [-0.15, -0.1) is 11.6 Å². The van der Waals surface area contributed by atoms with Crippen LogP contribution in [0.2, 0.25) is 0 Å². The standard InChI is InChI=1S/C12H19ClN2O2S/c1-9-4-10(9)7-15(3)18(16,17)12-5-11(6-13)14(2)8-12/h5,8-10H,4,6-7H2,1-3H3. The summed E-state index contributed by atoms with van der Waals surface area (Å²) in [7, 11) is 0.0764. The van der Waals surface area contributed by atoms with Crippen molar-refractivity contribution in [3.05, 3.63) is 18.0 Å². The predicted molar refractivity (Wildman–Crippen MR) is 72.1 cm³/mol. The molecule has 0 amide bonds. The molecule has 1 saturated carbocycles. The highest BCUT2D eigenvalue weighted by atomic mass is 35.5. The summed E-state index contributed by atoms with van der Waals surface area (Å²) in [5, 5.41) is 0. The van der Waals surface area contributed by atoms with Crippen LogP contribution in [-0.2, 0) is 23.0 Å². The number of rotatable bonds is 5. The van der Waals surface area contributed by atoms with Gasteiger partial charge in [-0.2, -0.15) is 0 Å². The van der Waals surface area contributed by atoms with Gasteiger partial charge in [0.2, 0.25) is 10.0 Å². The van der Waals surface area contributed by atoms with E-state index in [4.69, 9.17) is 11.6 Å². The number of sulfonamides is 1. The van der Waals surface area contributed by atoms with E-state index in [0.29, 0.717) is 29.2 Å². The lowest BCUT2D eigenvalue weighted by Crippen LogP contribution is -2.29. The first-order valence-electron chi connectivity index (χ1n) is 6.03. The Balaban J connectivity index is 2.18. The quantitative estimate of drug-likeness (QED) is 0.779. The molecule has 4 nitrogen and oxygen atoms in total. The van der Waals surface area contributed by atoms with E-state index in [-0.39, 0.29) is 0 Å². The van der Waals surface area contributed by atoms with Crippen molar-refractivity contribution in [2.24, 2.45) is 18.9 Å².